The minimum atomic E-state index is -0.957. The first kappa shape index (κ1) is 17.1. The van der Waals surface area contributed by atoms with Crippen LogP contribution in [0.4, 0.5) is 0 Å². The summed E-state index contributed by atoms with van der Waals surface area (Å²) in [6.07, 6.45) is 0.620. The number of benzene rings is 1. The summed E-state index contributed by atoms with van der Waals surface area (Å²) in [5.41, 5.74) is 5.74. The third-order valence-electron chi connectivity index (χ3n) is 3.90. The van der Waals surface area contributed by atoms with Crippen molar-refractivity contribution in [2.24, 2.45) is 5.73 Å². The smallest absolute Gasteiger partial charge is 0.103 e. The maximum absolute atomic E-state index is 10.8. The summed E-state index contributed by atoms with van der Waals surface area (Å²) in [4.78, 5) is 2.30. The van der Waals surface area contributed by atoms with Gasteiger partial charge in [-0.2, -0.15) is 0 Å². The van der Waals surface area contributed by atoms with Crippen molar-refractivity contribution in [2.75, 3.05) is 33.4 Å². The lowest BCUT2D eigenvalue weighted by Gasteiger charge is -2.33. The zero-order valence-corrected chi connectivity index (χ0v) is 12.9. The van der Waals surface area contributed by atoms with E-state index in [1.54, 1.807) is 7.11 Å². The van der Waals surface area contributed by atoms with Crippen LogP contribution in [0.2, 0.25) is 0 Å². The molecule has 0 saturated carbocycles. The van der Waals surface area contributed by atoms with Gasteiger partial charge in [-0.05, 0) is 25.5 Å². The van der Waals surface area contributed by atoms with E-state index in [0.29, 0.717) is 19.1 Å². The molecule has 1 aromatic carbocycles. The fourth-order valence-corrected chi connectivity index (χ4v) is 2.48. The molecule has 2 unspecified atom stereocenters. The minimum Gasteiger partial charge on any atom is -0.384 e. The van der Waals surface area contributed by atoms with E-state index in [9.17, 15) is 5.11 Å². The third kappa shape index (κ3) is 4.56. The largest absolute Gasteiger partial charge is 0.384 e. The number of aliphatic hydroxyl groups is 1. The molecule has 0 amide bonds. The van der Waals surface area contributed by atoms with Gasteiger partial charge in [-0.25, -0.2) is 0 Å². The summed E-state index contributed by atoms with van der Waals surface area (Å²) in [5, 5.41) is 10.8. The molecule has 1 rings (SSSR count). The van der Waals surface area contributed by atoms with Crippen LogP contribution in [-0.4, -0.2) is 49.4 Å². The van der Waals surface area contributed by atoms with E-state index >= 15 is 0 Å². The van der Waals surface area contributed by atoms with Gasteiger partial charge in [0.05, 0.1) is 6.61 Å². The zero-order valence-electron chi connectivity index (χ0n) is 12.9. The fraction of sp³-hybridized carbons (Fsp3) is 0.625. The molecule has 20 heavy (non-hydrogen) atoms. The Morgan fingerprint density at radius 2 is 2.00 bits per heavy atom. The van der Waals surface area contributed by atoms with Gasteiger partial charge in [0.25, 0.3) is 0 Å². The van der Waals surface area contributed by atoms with E-state index in [0.717, 1.165) is 18.7 Å². The molecule has 0 aliphatic heterocycles. The number of rotatable bonds is 9. The van der Waals surface area contributed by atoms with E-state index in [-0.39, 0.29) is 6.54 Å². The number of nitrogens with two attached hydrogens (primary N) is 1. The maximum Gasteiger partial charge on any atom is 0.103 e. The van der Waals surface area contributed by atoms with Crippen LogP contribution in [0.3, 0.4) is 0 Å². The molecule has 1 aromatic rings. The van der Waals surface area contributed by atoms with Crippen LogP contribution < -0.4 is 5.73 Å². The van der Waals surface area contributed by atoms with Gasteiger partial charge in [0.1, 0.15) is 5.60 Å². The molecule has 4 nitrogen and oxygen atoms in total. The number of ether oxygens (including phenoxy) is 1. The molecule has 0 aliphatic carbocycles. The normalized spacial score (nSPS) is 16.1. The molecule has 0 aromatic heterocycles. The van der Waals surface area contributed by atoms with Gasteiger partial charge in [0.2, 0.25) is 0 Å². The number of hydrogen-bond donors (Lipinski definition) is 2. The Kier molecular flexibility index (Phi) is 7.16. The quantitative estimate of drug-likeness (QED) is 0.721. The summed E-state index contributed by atoms with van der Waals surface area (Å²) in [7, 11) is 1.71. The zero-order chi connectivity index (χ0) is 15.0. The second-order valence-electron chi connectivity index (χ2n) is 5.28. The predicted octanol–water partition coefficient (Wildman–Crippen LogP) is 1.58. The molecule has 0 spiro atoms. The van der Waals surface area contributed by atoms with Crippen LogP contribution in [0.5, 0.6) is 0 Å². The van der Waals surface area contributed by atoms with Crippen molar-refractivity contribution in [1.82, 2.24) is 4.90 Å². The lowest BCUT2D eigenvalue weighted by atomic mass is 9.90. The van der Waals surface area contributed by atoms with Crippen LogP contribution in [0, 0.1) is 0 Å². The topological polar surface area (TPSA) is 58.7 Å². The monoisotopic (exact) mass is 280 g/mol. The third-order valence-corrected chi connectivity index (χ3v) is 3.90. The molecule has 114 valence electrons. The number of methoxy groups -OCH3 is 1. The van der Waals surface area contributed by atoms with Crippen LogP contribution in [0.15, 0.2) is 30.3 Å². The van der Waals surface area contributed by atoms with Crippen molar-refractivity contribution in [3.63, 3.8) is 0 Å². The lowest BCUT2D eigenvalue weighted by Crippen LogP contribution is -2.42. The number of nitrogens with zero attached hydrogens (tertiary/aromatic N) is 1. The van der Waals surface area contributed by atoms with E-state index < -0.39 is 5.60 Å². The first-order valence-corrected chi connectivity index (χ1v) is 7.28. The van der Waals surface area contributed by atoms with Crippen LogP contribution in [-0.2, 0) is 10.3 Å². The highest BCUT2D eigenvalue weighted by atomic mass is 16.5. The first-order chi connectivity index (χ1) is 9.57. The summed E-state index contributed by atoms with van der Waals surface area (Å²) >= 11 is 0. The average Bonchev–Trinajstić information content (AvgIpc) is 2.48. The molecular weight excluding hydrogens is 252 g/mol. The molecule has 2 atom stereocenters. The van der Waals surface area contributed by atoms with Crippen molar-refractivity contribution in [2.45, 2.75) is 31.9 Å². The standard InChI is InChI=1S/C16H28N2O2/c1-4-18(14(2)12-20-3)11-10-16(19,13-17)15-8-6-5-7-9-15/h5-9,14,19H,4,10-13,17H2,1-3H3. The predicted molar refractivity (Wildman–Crippen MR) is 82.6 cm³/mol. The summed E-state index contributed by atoms with van der Waals surface area (Å²) in [5.74, 6) is 0. The van der Waals surface area contributed by atoms with Gasteiger partial charge in [-0.15, -0.1) is 0 Å². The summed E-state index contributed by atoms with van der Waals surface area (Å²) < 4.78 is 5.20. The average molecular weight is 280 g/mol. The molecule has 0 radical (unpaired) electrons. The Balaban J connectivity index is 2.68. The van der Waals surface area contributed by atoms with Crippen LogP contribution >= 0.6 is 0 Å². The van der Waals surface area contributed by atoms with Crippen molar-refractivity contribution in [3.8, 4) is 0 Å². The molecule has 0 fully saturated rings. The molecule has 0 heterocycles. The summed E-state index contributed by atoms with van der Waals surface area (Å²) in [6.45, 7) is 6.91. The lowest BCUT2D eigenvalue weighted by molar-refractivity contribution is 0.0161. The molecule has 4 heteroatoms. The fourth-order valence-electron chi connectivity index (χ4n) is 2.48. The van der Waals surface area contributed by atoms with Gasteiger partial charge < -0.3 is 15.6 Å². The van der Waals surface area contributed by atoms with Gasteiger partial charge in [0.15, 0.2) is 0 Å². The van der Waals surface area contributed by atoms with Crippen molar-refractivity contribution >= 4 is 0 Å². The highest BCUT2D eigenvalue weighted by molar-refractivity contribution is 5.22. The van der Waals surface area contributed by atoms with Gasteiger partial charge in [0, 0.05) is 26.2 Å². The first-order valence-electron chi connectivity index (χ1n) is 7.28. The molecule has 0 bridgehead atoms. The number of likely N-dealkylation sites (N-methyl/N-ethyl adjacent to an activating group) is 1. The highest BCUT2D eigenvalue weighted by Crippen LogP contribution is 2.24. The van der Waals surface area contributed by atoms with E-state index in [1.165, 1.54) is 0 Å². The Hall–Kier alpha value is -0.940. The maximum atomic E-state index is 10.8. The Bertz CT molecular complexity index is 372. The van der Waals surface area contributed by atoms with E-state index in [4.69, 9.17) is 10.5 Å². The molecule has 0 saturated heterocycles. The SMILES string of the molecule is CCN(CCC(O)(CN)c1ccccc1)C(C)COC. The second-order valence-corrected chi connectivity index (χ2v) is 5.28. The number of hydrogen-bond acceptors (Lipinski definition) is 4. The van der Waals surface area contributed by atoms with Crippen molar-refractivity contribution < 1.29 is 9.84 Å². The van der Waals surface area contributed by atoms with Crippen molar-refractivity contribution in [3.05, 3.63) is 35.9 Å². The Morgan fingerprint density at radius 3 is 2.50 bits per heavy atom. The minimum absolute atomic E-state index is 0.229. The Morgan fingerprint density at radius 1 is 1.35 bits per heavy atom. The van der Waals surface area contributed by atoms with E-state index in [1.807, 2.05) is 30.3 Å². The van der Waals surface area contributed by atoms with Gasteiger partial charge >= 0.3 is 0 Å². The molecule has 0 aliphatic rings. The molecule has 3 N–H and O–H groups in total. The van der Waals surface area contributed by atoms with Crippen molar-refractivity contribution in [1.29, 1.82) is 0 Å². The summed E-state index contributed by atoms with van der Waals surface area (Å²) in [6, 6.07) is 10.0. The second kappa shape index (κ2) is 8.37. The molecular formula is C16H28N2O2. The van der Waals surface area contributed by atoms with Gasteiger partial charge in [-0.1, -0.05) is 37.3 Å². The Labute approximate surface area is 122 Å². The van der Waals surface area contributed by atoms with Gasteiger partial charge in [-0.3, -0.25) is 4.90 Å². The highest BCUT2D eigenvalue weighted by Gasteiger charge is 2.28. The van der Waals surface area contributed by atoms with E-state index in [2.05, 4.69) is 18.7 Å². The van der Waals surface area contributed by atoms with Crippen LogP contribution in [0.25, 0.3) is 0 Å². The van der Waals surface area contributed by atoms with Crippen LogP contribution in [0.1, 0.15) is 25.8 Å².